The van der Waals surface area contributed by atoms with E-state index in [-0.39, 0.29) is 11.3 Å². The summed E-state index contributed by atoms with van der Waals surface area (Å²) in [6, 6.07) is 10.0. The van der Waals surface area contributed by atoms with Crippen molar-refractivity contribution in [3.63, 3.8) is 0 Å². The third kappa shape index (κ3) is 2.65. The summed E-state index contributed by atoms with van der Waals surface area (Å²) in [6.07, 6.45) is 1.38. The first-order chi connectivity index (χ1) is 11.0. The Morgan fingerprint density at radius 2 is 1.91 bits per heavy atom. The molecule has 5 heteroatoms. The van der Waals surface area contributed by atoms with E-state index in [1.54, 1.807) is 6.07 Å². The highest BCUT2D eigenvalue weighted by atomic mass is 16.3. The fourth-order valence-corrected chi connectivity index (χ4v) is 2.63. The number of amides is 1. The monoisotopic (exact) mass is 311 g/mol. The molecule has 118 valence electrons. The Balaban J connectivity index is 1.98. The van der Waals surface area contributed by atoms with Gasteiger partial charge in [0.05, 0.1) is 17.9 Å². The lowest BCUT2D eigenvalue weighted by Crippen LogP contribution is -2.23. The van der Waals surface area contributed by atoms with Crippen LogP contribution in [-0.2, 0) is 4.79 Å². The molecule has 0 spiro atoms. The number of furan rings is 1. The Kier molecular flexibility index (Phi) is 3.78. The average Bonchev–Trinajstić information content (AvgIpc) is 3.16. The summed E-state index contributed by atoms with van der Waals surface area (Å²) in [5.41, 5.74) is 1.91. The molecule has 1 amide bonds. The van der Waals surface area contributed by atoms with Gasteiger partial charge in [0.1, 0.15) is 0 Å². The van der Waals surface area contributed by atoms with Gasteiger partial charge in [-0.3, -0.25) is 9.59 Å². The molecule has 1 aliphatic rings. The van der Waals surface area contributed by atoms with E-state index in [0.29, 0.717) is 5.92 Å². The predicted molar refractivity (Wildman–Crippen MR) is 84.1 cm³/mol. The van der Waals surface area contributed by atoms with E-state index < -0.39 is 23.5 Å². The zero-order valence-corrected chi connectivity index (χ0v) is 12.9. The molecule has 0 saturated heterocycles. The summed E-state index contributed by atoms with van der Waals surface area (Å²) in [4.78, 5) is 24.3. The molecule has 0 bridgehead atoms. The molecule has 2 aromatic rings. The van der Waals surface area contributed by atoms with Crippen molar-refractivity contribution in [1.82, 2.24) is 5.32 Å². The Morgan fingerprint density at radius 3 is 2.48 bits per heavy atom. The van der Waals surface area contributed by atoms with Crippen LogP contribution in [0.2, 0.25) is 0 Å². The highest BCUT2D eigenvalue weighted by molar-refractivity contribution is 6.14. The van der Waals surface area contributed by atoms with Crippen molar-refractivity contribution in [3.8, 4) is 0 Å². The molecule has 0 saturated carbocycles. The molecule has 2 heterocycles. The van der Waals surface area contributed by atoms with Gasteiger partial charge in [-0.05, 0) is 29.2 Å². The van der Waals surface area contributed by atoms with Gasteiger partial charge >= 0.3 is 0 Å². The Labute approximate surface area is 133 Å². The van der Waals surface area contributed by atoms with Gasteiger partial charge < -0.3 is 14.8 Å². The molecule has 0 unspecified atom stereocenters. The van der Waals surface area contributed by atoms with E-state index in [2.05, 4.69) is 19.2 Å². The SMILES string of the molecule is CC(C)c1ccc([C@H]2NC(=O)C(O)=C2C(=O)c2ccco2)cc1. The zero-order valence-electron chi connectivity index (χ0n) is 12.9. The summed E-state index contributed by atoms with van der Waals surface area (Å²) in [7, 11) is 0. The summed E-state index contributed by atoms with van der Waals surface area (Å²) in [5.74, 6) is -1.23. The fraction of sp³-hybridized carbons (Fsp3) is 0.222. The topological polar surface area (TPSA) is 79.5 Å². The van der Waals surface area contributed by atoms with Crippen molar-refractivity contribution < 1.29 is 19.1 Å². The van der Waals surface area contributed by atoms with E-state index in [0.717, 1.165) is 11.1 Å². The molecule has 1 aromatic carbocycles. The van der Waals surface area contributed by atoms with Crippen LogP contribution in [0.15, 0.2) is 58.4 Å². The summed E-state index contributed by atoms with van der Waals surface area (Å²) in [5, 5.41) is 12.6. The summed E-state index contributed by atoms with van der Waals surface area (Å²) >= 11 is 0. The summed E-state index contributed by atoms with van der Waals surface area (Å²) in [6.45, 7) is 4.17. The molecule has 2 N–H and O–H groups in total. The number of aliphatic hydroxyl groups excluding tert-OH is 1. The van der Waals surface area contributed by atoms with Crippen LogP contribution in [0.3, 0.4) is 0 Å². The maximum atomic E-state index is 12.5. The first kappa shape index (κ1) is 15.1. The van der Waals surface area contributed by atoms with Crippen LogP contribution in [0.1, 0.15) is 47.5 Å². The molecule has 0 aliphatic carbocycles. The standard InChI is InChI=1S/C18H17NO4/c1-10(2)11-5-7-12(8-6-11)15-14(17(21)18(22)19-15)16(20)13-4-3-9-23-13/h3-10,15,21H,1-2H3,(H,19,22)/t15-/m1/s1. The average molecular weight is 311 g/mol. The minimum Gasteiger partial charge on any atom is -0.503 e. The maximum Gasteiger partial charge on any atom is 0.287 e. The number of aliphatic hydroxyl groups is 1. The van der Waals surface area contributed by atoms with Crippen LogP contribution in [-0.4, -0.2) is 16.8 Å². The van der Waals surface area contributed by atoms with Crippen molar-refractivity contribution in [2.45, 2.75) is 25.8 Å². The second-order valence-corrected chi connectivity index (χ2v) is 5.80. The summed E-state index contributed by atoms with van der Waals surface area (Å²) < 4.78 is 5.09. The van der Waals surface area contributed by atoms with Gasteiger partial charge in [0.25, 0.3) is 5.91 Å². The van der Waals surface area contributed by atoms with Crippen molar-refractivity contribution >= 4 is 11.7 Å². The van der Waals surface area contributed by atoms with Crippen LogP contribution in [0.25, 0.3) is 0 Å². The number of rotatable bonds is 4. The quantitative estimate of drug-likeness (QED) is 0.849. The Bertz CT molecular complexity index is 770. The minimum absolute atomic E-state index is 0.0160. The highest BCUT2D eigenvalue weighted by Gasteiger charge is 2.38. The van der Waals surface area contributed by atoms with E-state index in [4.69, 9.17) is 4.42 Å². The second-order valence-electron chi connectivity index (χ2n) is 5.80. The van der Waals surface area contributed by atoms with Crippen LogP contribution in [0, 0.1) is 0 Å². The first-order valence-electron chi connectivity index (χ1n) is 7.41. The van der Waals surface area contributed by atoms with Gasteiger partial charge in [-0.25, -0.2) is 0 Å². The van der Waals surface area contributed by atoms with Gasteiger partial charge in [0, 0.05) is 0 Å². The lowest BCUT2D eigenvalue weighted by molar-refractivity contribution is -0.119. The van der Waals surface area contributed by atoms with Crippen molar-refractivity contribution in [2.24, 2.45) is 0 Å². The Morgan fingerprint density at radius 1 is 1.22 bits per heavy atom. The van der Waals surface area contributed by atoms with Gasteiger partial charge in [-0.15, -0.1) is 0 Å². The van der Waals surface area contributed by atoms with E-state index in [9.17, 15) is 14.7 Å². The number of Topliss-reactive ketones (excluding diaryl/α,β-unsaturated/α-hetero) is 1. The van der Waals surface area contributed by atoms with E-state index in [1.807, 2.05) is 24.3 Å². The third-order valence-electron chi connectivity index (χ3n) is 3.96. The van der Waals surface area contributed by atoms with Gasteiger partial charge in [0.2, 0.25) is 5.78 Å². The second kappa shape index (κ2) is 5.76. The zero-order chi connectivity index (χ0) is 16.6. The van der Waals surface area contributed by atoms with E-state index in [1.165, 1.54) is 12.3 Å². The molecule has 1 aliphatic heterocycles. The molecule has 1 aromatic heterocycles. The van der Waals surface area contributed by atoms with Crippen molar-refractivity contribution in [2.75, 3.05) is 0 Å². The number of hydrogen-bond acceptors (Lipinski definition) is 4. The lowest BCUT2D eigenvalue weighted by Gasteiger charge is -2.15. The minimum atomic E-state index is -0.679. The van der Waals surface area contributed by atoms with Gasteiger partial charge in [-0.2, -0.15) is 0 Å². The molecule has 23 heavy (non-hydrogen) atoms. The number of ketones is 1. The highest BCUT2D eigenvalue weighted by Crippen LogP contribution is 2.32. The van der Waals surface area contributed by atoms with Crippen LogP contribution < -0.4 is 5.32 Å². The maximum absolute atomic E-state index is 12.5. The third-order valence-corrected chi connectivity index (χ3v) is 3.96. The number of carbonyl (C=O) groups excluding carboxylic acids is 2. The van der Waals surface area contributed by atoms with E-state index >= 15 is 0 Å². The normalized spacial score (nSPS) is 17.7. The molecule has 0 radical (unpaired) electrons. The molecular weight excluding hydrogens is 294 g/mol. The van der Waals surface area contributed by atoms with Crippen molar-refractivity contribution in [3.05, 3.63) is 70.9 Å². The van der Waals surface area contributed by atoms with Gasteiger partial charge in [-0.1, -0.05) is 38.1 Å². The van der Waals surface area contributed by atoms with Crippen LogP contribution in [0.5, 0.6) is 0 Å². The van der Waals surface area contributed by atoms with Crippen LogP contribution in [0.4, 0.5) is 0 Å². The molecule has 0 fully saturated rings. The number of benzene rings is 1. The smallest absolute Gasteiger partial charge is 0.287 e. The largest absolute Gasteiger partial charge is 0.503 e. The molecule has 5 nitrogen and oxygen atoms in total. The molecular formula is C18H17NO4. The first-order valence-corrected chi connectivity index (χ1v) is 7.41. The predicted octanol–water partition coefficient (Wildman–Crippen LogP) is 3.27. The number of hydrogen-bond donors (Lipinski definition) is 2. The van der Waals surface area contributed by atoms with Crippen molar-refractivity contribution in [1.29, 1.82) is 0 Å². The van der Waals surface area contributed by atoms with Crippen LogP contribution >= 0.6 is 0 Å². The lowest BCUT2D eigenvalue weighted by atomic mass is 9.93. The Hall–Kier alpha value is -2.82. The number of carbonyl (C=O) groups is 2. The number of nitrogens with one attached hydrogen (secondary N) is 1. The molecule has 3 rings (SSSR count). The fourth-order valence-electron chi connectivity index (χ4n) is 2.63. The molecule has 1 atom stereocenters. The van der Waals surface area contributed by atoms with Gasteiger partial charge in [0.15, 0.2) is 11.5 Å².